The number of methoxy groups -OCH3 is 1. The van der Waals surface area contributed by atoms with Crippen LogP contribution in [0.1, 0.15) is 18.4 Å². The molecule has 0 radical (unpaired) electrons. The second-order valence-electron chi connectivity index (χ2n) is 6.49. The first kappa shape index (κ1) is 23.5. The minimum absolute atomic E-state index is 0. The zero-order valence-electron chi connectivity index (χ0n) is 15.2. The highest BCUT2D eigenvalue weighted by Crippen LogP contribution is 2.25. The molecule has 148 valence electrons. The molecular formula is C18H29Cl2N3O2S. The van der Waals surface area contributed by atoms with Crippen LogP contribution in [0.4, 0.5) is 5.69 Å². The van der Waals surface area contributed by atoms with Crippen LogP contribution in [0, 0.1) is 0 Å². The fourth-order valence-corrected chi connectivity index (χ4v) is 4.34. The minimum Gasteiger partial charge on any atom is -0.368 e. The SMILES string of the molecule is COC1(C(=O)Nc2cccc(CN3CCSCC3)c2)CCNCC1.Cl.Cl. The molecule has 5 nitrogen and oxygen atoms in total. The van der Waals surface area contributed by atoms with Gasteiger partial charge in [0.15, 0.2) is 0 Å². The lowest BCUT2D eigenvalue weighted by Gasteiger charge is -2.34. The van der Waals surface area contributed by atoms with E-state index in [1.807, 2.05) is 23.9 Å². The lowest BCUT2D eigenvalue weighted by molar-refractivity contribution is -0.140. The Kier molecular flexibility index (Phi) is 10.3. The molecule has 2 aliphatic rings. The van der Waals surface area contributed by atoms with Gasteiger partial charge in [0.05, 0.1) is 0 Å². The van der Waals surface area contributed by atoms with E-state index < -0.39 is 5.60 Å². The Balaban J connectivity index is 0.00000169. The van der Waals surface area contributed by atoms with Gasteiger partial charge in [0.2, 0.25) is 0 Å². The van der Waals surface area contributed by atoms with E-state index in [1.165, 1.54) is 17.1 Å². The molecule has 0 aliphatic carbocycles. The van der Waals surface area contributed by atoms with E-state index in [4.69, 9.17) is 4.74 Å². The van der Waals surface area contributed by atoms with Crippen LogP contribution in [0.2, 0.25) is 0 Å². The maximum atomic E-state index is 12.7. The number of nitrogens with one attached hydrogen (secondary N) is 2. The lowest BCUT2D eigenvalue weighted by Crippen LogP contribution is -2.51. The molecule has 0 spiro atoms. The van der Waals surface area contributed by atoms with Crippen molar-refractivity contribution in [2.45, 2.75) is 25.0 Å². The molecule has 0 aromatic heterocycles. The first-order chi connectivity index (χ1) is 11.7. The van der Waals surface area contributed by atoms with Gasteiger partial charge < -0.3 is 15.4 Å². The monoisotopic (exact) mass is 421 g/mol. The van der Waals surface area contributed by atoms with Crippen molar-refractivity contribution in [1.82, 2.24) is 10.2 Å². The van der Waals surface area contributed by atoms with Crippen LogP contribution in [0.25, 0.3) is 0 Å². The van der Waals surface area contributed by atoms with E-state index in [2.05, 4.69) is 27.7 Å². The van der Waals surface area contributed by atoms with Gasteiger partial charge in [0.1, 0.15) is 5.60 Å². The summed E-state index contributed by atoms with van der Waals surface area (Å²) in [7, 11) is 1.63. The van der Waals surface area contributed by atoms with Gasteiger partial charge in [0, 0.05) is 43.9 Å². The van der Waals surface area contributed by atoms with Gasteiger partial charge >= 0.3 is 0 Å². The van der Waals surface area contributed by atoms with Crippen molar-refractivity contribution in [2.24, 2.45) is 0 Å². The number of halogens is 2. The number of hydrogen-bond donors (Lipinski definition) is 2. The third-order valence-corrected chi connectivity index (χ3v) is 5.85. The molecule has 2 N–H and O–H groups in total. The summed E-state index contributed by atoms with van der Waals surface area (Å²) in [6, 6.07) is 8.20. The molecule has 3 rings (SSSR count). The van der Waals surface area contributed by atoms with E-state index >= 15 is 0 Å². The molecular weight excluding hydrogens is 393 g/mol. The van der Waals surface area contributed by atoms with Gasteiger partial charge in [-0.25, -0.2) is 0 Å². The maximum Gasteiger partial charge on any atom is 0.256 e. The zero-order valence-corrected chi connectivity index (χ0v) is 17.6. The van der Waals surface area contributed by atoms with E-state index in [9.17, 15) is 4.79 Å². The maximum absolute atomic E-state index is 12.7. The van der Waals surface area contributed by atoms with Crippen LogP contribution in [0.3, 0.4) is 0 Å². The number of piperidine rings is 1. The molecule has 0 saturated carbocycles. The number of carbonyl (C=O) groups is 1. The number of ether oxygens (including phenoxy) is 1. The number of anilines is 1. The van der Waals surface area contributed by atoms with E-state index in [-0.39, 0.29) is 30.7 Å². The zero-order chi connectivity index (χ0) is 16.8. The molecule has 1 aromatic carbocycles. The summed E-state index contributed by atoms with van der Waals surface area (Å²) in [4.78, 5) is 15.2. The van der Waals surface area contributed by atoms with Crippen LogP contribution in [0.15, 0.2) is 24.3 Å². The Labute approximate surface area is 172 Å². The summed E-state index contributed by atoms with van der Waals surface area (Å²) < 4.78 is 5.60. The molecule has 8 heteroatoms. The van der Waals surface area contributed by atoms with Crippen molar-refractivity contribution in [3.05, 3.63) is 29.8 Å². The number of nitrogens with zero attached hydrogens (tertiary/aromatic N) is 1. The van der Waals surface area contributed by atoms with Crippen LogP contribution in [-0.2, 0) is 16.1 Å². The van der Waals surface area contributed by atoms with Crippen LogP contribution in [0.5, 0.6) is 0 Å². The van der Waals surface area contributed by atoms with Crippen molar-refractivity contribution < 1.29 is 9.53 Å². The standard InChI is InChI=1S/C18H27N3O2S.2ClH/c1-23-18(5-7-19-8-6-18)17(22)20-16-4-2-3-15(13-16)14-21-9-11-24-12-10-21;;/h2-4,13,19H,5-12,14H2,1H3,(H,20,22);2*1H. The van der Waals surface area contributed by atoms with Crippen molar-refractivity contribution in [3.8, 4) is 0 Å². The molecule has 0 atom stereocenters. The van der Waals surface area contributed by atoms with Gasteiger partial charge in [-0.05, 0) is 43.6 Å². The quantitative estimate of drug-likeness (QED) is 0.765. The highest BCUT2D eigenvalue weighted by Gasteiger charge is 2.39. The Bertz CT molecular complexity index is 565. The fraction of sp³-hybridized carbons (Fsp3) is 0.611. The molecule has 0 bridgehead atoms. The first-order valence-electron chi connectivity index (χ1n) is 8.68. The highest BCUT2D eigenvalue weighted by atomic mass is 35.5. The molecule has 26 heavy (non-hydrogen) atoms. The Hall–Kier alpha value is -0.500. The molecule has 1 amide bonds. The van der Waals surface area contributed by atoms with Gasteiger partial charge in [-0.2, -0.15) is 11.8 Å². The summed E-state index contributed by atoms with van der Waals surface area (Å²) in [5.74, 6) is 2.39. The van der Waals surface area contributed by atoms with Crippen LogP contribution < -0.4 is 10.6 Å². The van der Waals surface area contributed by atoms with E-state index in [0.717, 1.165) is 38.4 Å². The summed E-state index contributed by atoms with van der Waals surface area (Å²) in [5.41, 5.74) is 1.40. The van der Waals surface area contributed by atoms with Crippen LogP contribution in [-0.4, -0.2) is 61.2 Å². The summed E-state index contributed by atoms with van der Waals surface area (Å²) in [6.45, 7) is 4.86. The normalized spacial score (nSPS) is 19.7. The largest absolute Gasteiger partial charge is 0.368 e. The number of hydrogen-bond acceptors (Lipinski definition) is 5. The number of carbonyl (C=O) groups excluding carboxylic acids is 1. The molecule has 2 aliphatic heterocycles. The first-order valence-corrected chi connectivity index (χ1v) is 9.84. The number of rotatable bonds is 5. The lowest BCUT2D eigenvalue weighted by atomic mass is 9.91. The second-order valence-corrected chi connectivity index (χ2v) is 7.72. The molecule has 1 aromatic rings. The molecule has 0 unspecified atom stereocenters. The van der Waals surface area contributed by atoms with E-state index in [0.29, 0.717) is 12.8 Å². The van der Waals surface area contributed by atoms with Gasteiger partial charge in [-0.15, -0.1) is 24.8 Å². The Morgan fingerprint density at radius 2 is 1.96 bits per heavy atom. The highest BCUT2D eigenvalue weighted by molar-refractivity contribution is 7.99. The number of thioether (sulfide) groups is 1. The average molecular weight is 422 g/mol. The topological polar surface area (TPSA) is 53.6 Å². The Morgan fingerprint density at radius 1 is 1.27 bits per heavy atom. The van der Waals surface area contributed by atoms with Gasteiger partial charge in [-0.3, -0.25) is 9.69 Å². The van der Waals surface area contributed by atoms with Crippen molar-refractivity contribution >= 4 is 48.2 Å². The molecule has 2 saturated heterocycles. The third kappa shape index (κ3) is 6.01. The summed E-state index contributed by atoms with van der Waals surface area (Å²) >= 11 is 2.02. The predicted molar refractivity (Wildman–Crippen MR) is 114 cm³/mol. The molecule has 2 fully saturated rings. The number of benzene rings is 1. The van der Waals surface area contributed by atoms with Crippen molar-refractivity contribution in [2.75, 3.05) is 50.1 Å². The smallest absolute Gasteiger partial charge is 0.256 e. The van der Waals surface area contributed by atoms with Crippen LogP contribution >= 0.6 is 36.6 Å². The van der Waals surface area contributed by atoms with E-state index in [1.54, 1.807) is 7.11 Å². The fourth-order valence-electron chi connectivity index (χ4n) is 3.36. The molecule has 2 heterocycles. The number of amides is 1. The Morgan fingerprint density at radius 3 is 2.62 bits per heavy atom. The van der Waals surface area contributed by atoms with Crippen molar-refractivity contribution in [3.63, 3.8) is 0 Å². The van der Waals surface area contributed by atoms with Gasteiger partial charge in [-0.1, -0.05) is 12.1 Å². The average Bonchev–Trinajstić information content (AvgIpc) is 2.63. The van der Waals surface area contributed by atoms with Gasteiger partial charge in [0.25, 0.3) is 5.91 Å². The predicted octanol–water partition coefficient (Wildman–Crippen LogP) is 2.79. The summed E-state index contributed by atoms with van der Waals surface area (Å²) in [6.07, 6.45) is 1.42. The minimum atomic E-state index is -0.703. The summed E-state index contributed by atoms with van der Waals surface area (Å²) in [5, 5.41) is 6.35. The third-order valence-electron chi connectivity index (χ3n) is 4.91. The van der Waals surface area contributed by atoms with Crippen molar-refractivity contribution in [1.29, 1.82) is 0 Å². The second kappa shape index (κ2) is 11.4.